The van der Waals surface area contributed by atoms with E-state index in [1.807, 2.05) is 0 Å². The van der Waals surface area contributed by atoms with Crippen molar-refractivity contribution in [2.45, 2.75) is 25.4 Å². The molecule has 0 fully saturated rings. The number of rotatable bonds is 8. The Bertz CT molecular complexity index is 466. The molecule has 0 spiro atoms. The van der Waals surface area contributed by atoms with E-state index in [4.69, 9.17) is 0 Å². The first-order valence-corrected chi connectivity index (χ1v) is 8.48. The SMILES string of the molecule is CN=C(NCCCN(C)CC(F)(F)F)NCC(C)c1ccsc1.I. The van der Waals surface area contributed by atoms with E-state index in [9.17, 15) is 13.2 Å². The van der Waals surface area contributed by atoms with Gasteiger partial charge < -0.3 is 10.6 Å². The second-order valence-corrected chi connectivity index (χ2v) is 6.32. The van der Waals surface area contributed by atoms with Gasteiger partial charge in [-0.25, -0.2) is 0 Å². The summed E-state index contributed by atoms with van der Waals surface area (Å²) in [6.07, 6.45) is -3.52. The minimum Gasteiger partial charge on any atom is -0.356 e. The molecule has 24 heavy (non-hydrogen) atoms. The maximum Gasteiger partial charge on any atom is 0.401 e. The number of nitrogens with zero attached hydrogens (tertiary/aromatic N) is 2. The van der Waals surface area contributed by atoms with Crippen molar-refractivity contribution in [1.82, 2.24) is 15.5 Å². The van der Waals surface area contributed by atoms with Crippen LogP contribution in [0, 0.1) is 0 Å². The van der Waals surface area contributed by atoms with Gasteiger partial charge in [-0.1, -0.05) is 6.92 Å². The molecular formula is C15H26F3IN4S. The number of hydrogen-bond acceptors (Lipinski definition) is 3. The highest BCUT2D eigenvalue weighted by atomic mass is 127. The molecule has 140 valence electrons. The highest BCUT2D eigenvalue weighted by Crippen LogP contribution is 2.17. The van der Waals surface area contributed by atoms with E-state index in [1.54, 1.807) is 18.4 Å². The second kappa shape index (κ2) is 11.9. The molecular weight excluding hydrogens is 452 g/mol. The van der Waals surface area contributed by atoms with Gasteiger partial charge in [-0.3, -0.25) is 9.89 Å². The quantitative estimate of drug-likeness (QED) is 0.260. The predicted octanol–water partition coefficient (Wildman–Crippen LogP) is 3.52. The van der Waals surface area contributed by atoms with Crippen molar-refractivity contribution < 1.29 is 13.2 Å². The fourth-order valence-corrected chi connectivity index (χ4v) is 2.87. The Hall–Kier alpha value is -0.550. The third-order valence-corrected chi connectivity index (χ3v) is 4.07. The lowest BCUT2D eigenvalue weighted by Gasteiger charge is -2.19. The molecule has 1 aromatic heterocycles. The fourth-order valence-electron chi connectivity index (χ4n) is 2.08. The number of alkyl halides is 3. The summed E-state index contributed by atoms with van der Waals surface area (Å²) >= 11 is 1.67. The summed E-state index contributed by atoms with van der Waals surface area (Å²) in [6, 6.07) is 2.10. The van der Waals surface area contributed by atoms with Crippen molar-refractivity contribution in [2.75, 3.05) is 40.3 Å². The van der Waals surface area contributed by atoms with Gasteiger partial charge in [-0.15, -0.1) is 24.0 Å². The molecule has 0 aliphatic rings. The van der Waals surface area contributed by atoms with Crippen LogP contribution in [0.4, 0.5) is 13.2 Å². The van der Waals surface area contributed by atoms with Gasteiger partial charge in [0, 0.05) is 20.1 Å². The van der Waals surface area contributed by atoms with Gasteiger partial charge in [-0.2, -0.15) is 24.5 Å². The summed E-state index contributed by atoms with van der Waals surface area (Å²) in [5, 5.41) is 10.5. The highest BCUT2D eigenvalue weighted by molar-refractivity contribution is 14.0. The molecule has 0 amide bonds. The Morgan fingerprint density at radius 3 is 2.62 bits per heavy atom. The lowest BCUT2D eigenvalue weighted by molar-refractivity contribution is -0.143. The summed E-state index contributed by atoms with van der Waals surface area (Å²) in [5.41, 5.74) is 1.28. The zero-order chi connectivity index (χ0) is 17.3. The first-order chi connectivity index (χ1) is 10.8. The summed E-state index contributed by atoms with van der Waals surface area (Å²) in [5.74, 6) is 1.04. The smallest absolute Gasteiger partial charge is 0.356 e. The number of halogens is 4. The summed E-state index contributed by atoms with van der Waals surface area (Å²) < 4.78 is 36.6. The first-order valence-electron chi connectivity index (χ1n) is 7.53. The predicted molar refractivity (Wildman–Crippen MR) is 106 cm³/mol. The molecule has 4 nitrogen and oxygen atoms in total. The minimum absolute atomic E-state index is 0. The van der Waals surface area contributed by atoms with Crippen LogP contribution in [0.1, 0.15) is 24.8 Å². The normalized spacial score (nSPS) is 13.5. The van der Waals surface area contributed by atoms with Gasteiger partial charge in [0.05, 0.1) is 6.54 Å². The second-order valence-electron chi connectivity index (χ2n) is 5.54. The Kier molecular flexibility index (Phi) is 11.6. The summed E-state index contributed by atoms with van der Waals surface area (Å²) in [6.45, 7) is 2.97. The van der Waals surface area contributed by atoms with Gasteiger partial charge in [0.15, 0.2) is 5.96 Å². The lowest BCUT2D eigenvalue weighted by atomic mass is 10.1. The van der Waals surface area contributed by atoms with Gasteiger partial charge in [0.25, 0.3) is 0 Å². The third-order valence-electron chi connectivity index (χ3n) is 3.37. The van der Waals surface area contributed by atoms with E-state index in [0.717, 1.165) is 6.54 Å². The fraction of sp³-hybridized carbons (Fsp3) is 0.667. The van der Waals surface area contributed by atoms with Crippen LogP contribution in [0.2, 0.25) is 0 Å². The molecule has 1 unspecified atom stereocenters. The molecule has 0 saturated carbocycles. The molecule has 0 radical (unpaired) electrons. The molecule has 1 heterocycles. The monoisotopic (exact) mass is 478 g/mol. The van der Waals surface area contributed by atoms with Crippen molar-refractivity contribution in [2.24, 2.45) is 4.99 Å². The van der Waals surface area contributed by atoms with Crippen LogP contribution in [0.15, 0.2) is 21.8 Å². The molecule has 1 aromatic rings. The van der Waals surface area contributed by atoms with Crippen LogP contribution in [0.3, 0.4) is 0 Å². The van der Waals surface area contributed by atoms with Crippen molar-refractivity contribution in [3.63, 3.8) is 0 Å². The van der Waals surface area contributed by atoms with Crippen LogP contribution in [0.5, 0.6) is 0 Å². The zero-order valence-electron chi connectivity index (χ0n) is 14.2. The van der Waals surface area contributed by atoms with E-state index in [0.29, 0.717) is 31.4 Å². The third kappa shape index (κ3) is 10.3. The van der Waals surface area contributed by atoms with Crippen LogP contribution in [0.25, 0.3) is 0 Å². The Balaban J connectivity index is 0.00000529. The average Bonchev–Trinajstić information content (AvgIpc) is 2.98. The van der Waals surface area contributed by atoms with Crippen LogP contribution in [-0.2, 0) is 0 Å². The molecule has 2 N–H and O–H groups in total. The van der Waals surface area contributed by atoms with Gasteiger partial charge in [-0.05, 0) is 48.3 Å². The standard InChI is InChI=1S/C15H25F3N4S.HI/c1-12(13-5-8-23-10-13)9-21-14(19-2)20-6-4-7-22(3)11-15(16,17)18;/h5,8,10,12H,4,6-7,9,11H2,1-3H3,(H2,19,20,21);1H. The molecule has 1 atom stereocenters. The zero-order valence-corrected chi connectivity index (χ0v) is 17.3. The van der Waals surface area contributed by atoms with E-state index in [-0.39, 0.29) is 24.0 Å². The topological polar surface area (TPSA) is 39.7 Å². The number of thiophene rings is 1. The van der Waals surface area contributed by atoms with Gasteiger partial charge in [0.2, 0.25) is 0 Å². The molecule has 0 saturated heterocycles. The molecule has 9 heteroatoms. The Labute approximate surface area is 162 Å². The lowest BCUT2D eigenvalue weighted by Crippen LogP contribution is -2.40. The average molecular weight is 478 g/mol. The molecule has 0 aliphatic heterocycles. The largest absolute Gasteiger partial charge is 0.401 e. The number of hydrogen-bond donors (Lipinski definition) is 2. The molecule has 0 bridgehead atoms. The van der Waals surface area contributed by atoms with E-state index in [1.165, 1.54) is 17.5 Å². The molecule has 0 aliphatic carbocycles. The van der Waals surface area contributed by atoms with Crippen molar-refractivity contribution in [3.05, 3.63) is 22.4 Å². The minimum atomic E-state index is -4.14. The maximum absolute atomic E-state index is 12.2. The van der Waals surface area contributed by atoms with Crippen molar-refractivity contribution >= 4 is 41.3 Å². The first kappa shape index (κ1) is 23.4. The van der Waals surface area contributed by atoms with Crippen molar-refractivity contribution in [1.29, 1.82) is 0 Å². The Morgan fingerprint density at radius 2 is 2.08 bits per heavy atom. The maximum atomic E-state index is 12.2. The molecule has 0 aromatic carbocycles. The van der Waals surface area contributed by atoms with Crippen molar-refractivity contribution in [3.8, 4) is 0 Å². The van der Waals surface area contributed by atoms with E-state index >= 15 is 0 Å². The number of nitrogens with one attached hydrogen (secondary N) is 2. The Morgan fingerprint density at radius 1 is 1.38 bits per heavy atom. The summed E-state index contributed by atoms with van der Waals surface area (Å²) in [4.78, 5) is 5.40. The van der Waals surface area contributed by atoms with Crippen LogP contribution in [-0.4, -0.2) is 57.3 Å². The summed E-state index contributed by atoms with van der Waals surface area (Å²) in [7, 11) is 3.16. The highest BCUT2D eigenvalue weighted by Gasteiger charge is 2.28. The van der Waals surface area contributed by atoms with Gasteiger partial charge in [0.1, 0.15) is 0 Å². The number of aliphatic imine (C=N–C) groups is 1. The van der Waals surface area contributed by atoms with Crippen LogP contribution >= 0.6 is 35.3 Å². The van der Waals surface area contributed by atoms with E-state index in [2.05, 4.69) is 39.4 Å². The van der Waals surface area contributed by atoms with Gasteiger partial charge >= 0.3 is 6.18 Å². The molecule has 1 rings (SSSR count). The number of guanidine groups is 1. The van der Waals surface area contributed by atoms with E-state index < -0.39 is 12.7 Å². The van der Waals surface area contributed by atoms with Crippen LogP contribution < -0.4 is 10.6 Å².